The fourth-order valence-corrected chi connectivity index (χ4v) is 6.10. The van der Waals surface area contributed by atoms with E-state index in [1.54, 1.807) is 0 Å². The molecule has 0 saturated heterocycles. The number of rotatable bonds is 25. The average Bonchev–Trinajstić information content (AvgIpc) is 2.81. The first-order valence-electron chi connectivity index (χ1n) is 14.5. The van der Waals surface area contributed by atoms with Crippen LogP contribution in [-0.4, -0.2) is 62.4 Å². The van der Waals surface area contributed by atoms with E-state index in [0.717, 1.165) is 12.8 Å². The minimum atomic E-state index is -4.06. The smallest absolute Gasteiger partial charge is 0.193 e. The van der Waals surface area contributed by atoms with E-state index in [-0.39, 0.29) is 17.7 Å². The number of allylic oxidation sites excluding steroid dienone is 4. The molecule has 36 heavy (non-hydrogen) atoms. The van der Waals surface area contributed by atoms with Crippen LogP contribution in [0, 0.1) is 0 Å². The lowest BCUT2D eigenvalue weighted by Gasteiger charge is -2.41. The number of ether oxygens (including phenoxy) is 1. The van der Waals surface area contributed by atoms with Crippen LogP contribution in [-0.2, 0) is 13.8 Å². The van der Waals surface area contributed by atoms with Crippen molar-refractivity contribution in [2.24, 2.45) is 0 Å². The molecular formula is C29H58NO5P. The van der Waals surface area contributed by atoms with E-state index < -0.39 is 19.5 Å². The molecule has 6 nitrogen and oxygen atoms in total. The summed E-state index contributed by atoms with van der Waals surface area (Å²) >= 11 is 0. The van der Waals surface area contributed by atoms with Crippen molar-refractivity contribution >= 4 is 7.60 Å². The zero-order valence-corrected chi connectivity index (χ0v) is 25.1. The quantitative estimate of drug-likeness (QED) is 0.0596. The minimum Gasteiger partial charge on any atom is -0.774 e. The van der Waals surface area contributed by atoms with Gasteiger partial charge in [0, 0.05) is 13.0 Å². The Kier molecular flexibility index (Phi) is 22.2. The predicted octanol–water partition coefficient (Wildman–Crippen LogP) is 6.97. The van der Waals surface area contributed by atoms with E-state index in [9.17, 15) is 14.6 Å². The third-order valence-corrected chi connectivity index (χ3v) is 8.62. The van der Waals surface area contributed by atoms with Crippen LogP contribution in [0.2, 0.25) is 0 Å². The zero-order chi connectivity index (χ0) is 27.1. The maximum Gasteiger partial charge on any atom is 0.193 e. The molecule has 214 valence electrons. The van der Waals surface area contributed by atoms with Crippen molar-refractivity contribution in [3.05, 3.63) is 24.3 Å². The Labute approximate surface area is 223 Å². The molecule has 0 aliphatic carbocycles. The van der Waals surface area contributed by atoms with Gasteiger partial charge in [0.15, 0.2) is 13.4 Å². The Hall–Kier alpha value is -0.490. The van der Waals surface area contributed by atoms with Gasteiger partial charge in [-0.2, -0.15) is 0 Å². The Morgan fingerprint density at radius 3 is 1.75 bits per heavy atom. The van der Waals surface area contributed by atoms with Crippen LogP contribution in [0.25, 0.3) is 0 Å². The maximum atomic E-state index is 12.4. The Morgan fingerprint density at radius 2 is 1.25 bits per heavy atom. The number of hydrogen-bond donors (Lipinski definition) is 1. The first kappa shape index (κ1) is 35.5. The number of aliphatic hydroxyl groups is 1. The molecule has 0 aliphatic rings. The van der Waals surface area contributed by atoms with Gasteiger partial charge in [-0.1, -0.05) is 76.7 Å². The summed E-state index contributed by atoms with van der Waals surface area (Å²) in [5.41, 5.74) is 0. The Balaban J connectivity index is 3.54. The van der Waals surface area contributed by atoms with Crippen molar-refractivity contribution in [2.75, 3.05) is 41.0 Å². The number of aliphatic hydroxyl groups excluding tert-OH is 1. The molecule has 0 heterocycles. The lowest BCUT2D eigenvalue weighted by molar-refractivity contribution is -0.884. The fourth-order valence-electron chi connectivity index (χ4n) is 4.25. The lowest BCUT2D eigenvalue weighted by Crippen LogP contribution is -2.47. The summed E-state index contributed by atoms with van der Waals surface area (Å²) in [7, 11) is 1.43. The normalized spacial score (nSPS) is 16.1. The molecule has 0 amide bonds. The number of hydrogen-bond acceptors (Lipinski definition) is 5. The largest absolute Gasteiger partial charge is 0.774 e. The van der Waals surface area contributed by atoms with E-state index in [1.165, 1.54) is 77.0 Å². The topological polar surface area (TPSA) is 78.8 Å². The Morgan fingerprint density at radius 1 is 0.778 bits per heavy atom. The molecule has 1 N–H and O–H groups in total. The molecule has 0 radical (unpaired) electrons. The molecule has 0 bridgehead atoms. The van der Waals surface area contributed by atoms with Gasteiger partial charge in [-0.05, 0) is 51.4 Å². The first-order chi connectivity index (χ1) is 17.1. The lowest BCUT2D eigenvalue weighted by atomic mass is 10.1. The number of unbranched alkanes of at least 4 members (excludes halogenated alkanes) is 11. The summed E-state index contributed by atoms with van der Waals surface area (Å²) in [5.74, 6) is -0.625. The number of quaternary nitrogens is 1. The van der Waals surface area contributed by atoms with Gasteiger partial charge in [0.2, 0.25) is 0 Å². The van der Waals surface area contributed by atoms with Gasteiger partial charge >= 0.3 is 0 Å². The molecule has 3 atom stereocenters. The number of nitrogens with zero attached hydrogens (tertiary/aromatic N) is 1. The summed E-state index contributed by atoms with van der Waals surface area (Å²) in [5, 5.41) is 10.00. The van der Waals surface area contributed by atoms with Crippen molar-refractivity contribution in [1.82, 2.24) is 0 Å². The molecule has 7 heteroatoms. The average molecular weight is 532 g/mol. The summed E-state index contributed by atoms with van der Waals surface area (Å²) in [6.45, 7) is 4.49. The third-order valence-electron chi connectivity index (χ3n) is 6.32. The van der Waals surface area contributed by atoms with Crippen LogP contribution in [0.4, 0.5) is 0 Å². The molecule has 0 aliphatic heterocycles. The van der Waals surface area contributed by atoms with Gasteiger partial charge in [-0.25, -0.2) is 0 Å². The van der Waals surface area contributed by atoms with Crippen LogP contribution in [0.1, 0.15) is 110 Å². The van der Waals surface area contributed by atoms with E-state index >= 15 is 0 Å². The van der Waals surface area contributed by atoms with Gasteiger partial charge in [-0.15, -0.1) is 0 Å². The second-order valence-electron chi connectivity index (χ2n) is 10.8. The van der Waals surface area contributed by atoms with Crippen molar-refractivity contribution in [3.8, 4) is 0 Å². The van der Waals surface area contributed by atoms with Crippen LogP contribution >= 0.6 is 7.60 Å². The summed E-state index contributed by atoms with van der Waals surface area (Å²) in [6, 6.07) is 0. The van der Waals surface area contributed by atoms with E-state index in [2.05, 4.69) is 31.2 Å². The highest BCUT2D eigenvalue weighted by atomic mass is 31.2. The van der Waals surface area contributed by atoms with E-state index in [1.807, 2.05) is 28.1 Å². The summed E-state index contributed by atoms with van der Waals surface area (Å²) < 4.78 is 23.3. The van der Waals surface area contributed by atoms with Crippen molar-refractivity contribution < 1.29 is 28.3 Å². The maximum absolute atomic E-state index is 12.4. The van der Waals surface area contributed by atoms with Gasteiger partial charge in [0.1, 0.15) is 6.10 Å². The molecular weight excluding hydrogens is 473 g/mol. The molecule has 0 spiro atoms. The van der Waals surface area contributed by atoms with E-state index in [4.69, 9.17) is 9.26 Å². The van der Waals surface area contributed by atoms with Crippen LogP contribution in [0.5, 0.6) is 0 Å². The second-order valence-corrected chi connectivity index (χ2v) is 12.8. The summed E-state index contributed by atoms with van der Waals surface area (Å²) in [6.07, 6.45) is 26.0. The van der Waals surface area contributed by atoms with Crippen molar-refractivity contribution in [1.29, 1.82) is 0 Å². The predicted molar refractivity (Wildman–Crippen MR) is 151 cm³/mol. The van der Waals surface area contributed by atoms with Crippen LogP contribution in [0.3, 0.4) is 0 Å². The van der Waals surface area contributed by atoms with Gasteiger partial charge in [0.05, 0.1) is 34.4 Å². The standard InChI is InChI=1S/C29H58NO5P/c1-6-8-9-10-11-12-13-14-15-16-17-18-19-20-21-22-23-24-25-34-26-28(31)27-35-36(32,33)29(7-2)30(3,4)5/h9-10,15-16,28-29,31H,6-8,11-14,17-27H2,1-5H3/b10-9-,16-15-/t28-,29?/m1/s1. The third kappa shape index (κ3) is 20.6. The van der Waals surface area contributed by atoms with Crippen LogP contribution in [0.15, 0.2) is 24.3 Å². The van der Waals surface area contributed by atoms with Crippen molar-refractivity contribution in [2.45, 2.75) is 122 Å². The van der Waals surface area contributed by atoms with Gasteiger partial charge in [-0.3, -0.25) is 0 Å². The SMILES string of the molecule is CCC/C=C\CCCC/C=C\CCCCCCCCCOC[C@@H](O)COP(=O)([O-])C(CC)[N+](C)(C)C. The highest BCUT2D eigenvalue weighted by molar-refractivity contribution is 7.51. The highest BCUT2D eigenvalue weighted by Crippen LogP contribution is 2.47. The van der Waals surface area contributed by atoms with Crippen molar-refractivity contribution in [3.63, 3.8) is 0 Å². The molecule has 0 fully saturated rings. The van der Waals surface area contributed by atoms with Gasteiger partial charge < -0.3 is 28.3 Å². The molecule has 0 aromatic rings. The molecule has 0 saturated carbocycles. The second kappa shape index (κ2) is 22.5. The molecule has 0 aromatic heterocycles. The monoisotopic (exact) mass is 531 g/mol. The van der Waals surface area contributed by atoms with E-state index in [0.29, 0.717) is 13.0 Å². The molecule has 0 aromatic carbocycles. The van der Waals surface area contributed by atoms with Crippen LogP contribution < -0.4 is 4.89 Å². The molecule has 2 unspecified atom stereocenters. The molecule has 0 rings (SSSR count). The zero-order valence-electron chi connectivity index (χ0n) is 24.2. The minimum absolute atomic E-state index is 0.102. The summed E-state index contributed by atoms with van der Waals surface area (Å²) in [4.78, 5) is 12.4. The highest BCUT2D eigenvalue weighted by Gasteiger charge is 2.34. The van der Waals surface area contributed by atoms with Gasteiger partial charge in [0.25, 0.3) is 0 Å². The first-order valence-corrected chi connectivity index (χ1v) is 16.1. The fraction of sp³-hybridized carbons (Fsp3) is 0.862. The Bertz CT molecular complexity index is 603.